The summed E-state index contributed by atoms with van der Waals surface area (Å²) < 4.78 is 0. The number of benzene rings is 1. The van der Waals surface area contributed by atoms with Crippen LogP contribution >= 0.6 is 24.0 Å². The second-order valence-electron chi connectivity index (χ2n) is 5.95. The average Bonchev–Trinajstić information content (AvgIpc) is 2.64. The molecule has 0 unspecified atom stereocenters. The van der Waals surface area contributed by atoms with Crippen LogP contribution in [0.4, 0.5) is 5.69 Å². The summed E-state index contributed by atoms with van der Waals surface area (Å²) in [4.78, 5) is 9.62. The molecule has 1 aromatic carbocycles. The minimum absolute atomic E-state index is 0. The standard InChI is InChI=1S/C19H31N5.HI/c1-3-11-21-19(20-4-2)22-12-8-13-23-14-16-24(17-15-23)18-9-6-5-7-10-18;/h3,5-7,9-10H,1,4,8,11-17H2,2H3,(H2,20,21,22);1H. The third-order valence-electron chi connectivity index (χ3n) is 4.15. The van der Waals surface area contributed by atoms with Crippen LogP contribution < -0.4 is 15.5 Å². The average molecular weight is 457 g/mol. The van der Waals surface area contributed by atoms with E-state index in [2.05, 4.69) is 69.3 Å². The van der Waals surface area contributed by atoms with E-state index in [4.69, 9.17) is 0 Å². The Kier molecular flexibility index (Phi) is 11.3. The lowest BCUT2D eigenvalue weighted by Gasteiger charge is -2.36. The van der Waals surface area contributed by atoms with Crippen molar-refractivity contribution < 1.29 is 0 Å². The highest BCUT2D eigenvalue weighted by molar-refractivity contribution is 14.0. The van der Waals surface area contributed by atoms with E-state index < -0.39 is 0 Å². The molecular formula is C19H32IN5. The SMILES string of the molecule is C=CCNC(=NCCCN1CCN(c2ccccc2)CC1)NCC.I. The van der Waals surface area contributed by atoms with Gasteiger partial charge in [-0.05, 0) is 25.5 Å². The highest BCUT2D eigenvalue weighted by atomic mass is 127. The summed E-state index contributed by atoms with van der Waals surface area (Å²) in [6, 6.07) is 10.7. The fraction of sp³-hybridized carbons (Fsp3) is 0.526. The summed E-state index contributed by atoms with van der Waals surface area (Å²) in [5.41, 5.74) is 1.34. The fourth-order valence-corrected chi connectivity index (χ4v) is 2.86. The van der Waals surface area contributed by atoms with Crippen molar-refractivity contribution in [2.45, 2.75) is 13.3 Å². The normalized spacial score (nSPS) is 15.4. The first-order chi connectivity index (χ1) is 11.8. The molecule has 0 radical (unpaired) electrons. The van der Waals surface area contributed by atoms with Gasteiger partial charge in [0.25, 0.3) is 0 Å². The van der Waals surface area contributed by atoms with Crippen LogP contribution in [0.25, 0.3) is 0 Å². The molecular weight excluding hydrogens is 425 g/mol. The van der Waals surface area contributed by atoms with Gasteiger partial charge >= 0.3 is 0 Å². The zero-order valence-corrected chi connectivity index (χ0v) is 17.6. The minimum atomic E-state index is 0. The molecule has 0 amide bonds. The highest BCUT2D eigenvalue weighted by Gasteiger charge is 2.16. The smallest absolute Gasteiger partial charge is 0.191 e. The predicted octanol–water partition coefficient (Wildman–Crippen LogP) is 2.56. The van der Waals surface area contributed by atoms with Gasteiger partial charge in [0.2, 0.25) is 0 Å². The van der Waals surface area contributed by atoms with Crippen LogP contribution in [0.5, 0.6) is 0 Å². The lowest BCUT2D eigenvalue weighted by atomic mass is 10.2. The second-order valence-corrected chi connectivity index (χ2v) is 5.95. The summed E-state index contributed by atoms with van der Waals surface area (Å²) in [5.74, 6) is 0.881. The Balaban J connectivity index is 0.00000312. The van der Waals surface area contributed by atoms with E-state index in [9.17, 15) is 0 Å². The highest BCUT2D eigenvalue weighted by Crippen LogP contribution is 2.15. The van der Waals surface area contributed by atoms with Gasteiger partial charge in [-0.2, -0.15) is 0 Å². The van der Waals surface area contributed by atoms with Gasteiger partial charge in [-0.1, -0.05) is 24.3 Å². The van der Waals surface area contributed by atoms with E-state index in [1.165, 1.54) is 5.69 Å². The second kappa shape index (κ2) is 13.0. The van der Waals surface area contributed by atoms with Gasteiger partial charge in [-0.15, -0.1) is 30.6 Å². The Labute approximate surface area is 169 Å². The molecule has 2 N–H and O–H groups in total. The van der Waals surface area contributed by atoms with E-state index in [-0.39, 0.29) is 24.0 Å². The Morgan fingerprint density at radius 2 is 1.88 bits per heavy atom. The number of piperazine rings is 1. The molecule has 0 aromatic heterocycles. The van der Waals surface area contributed by atoms with Crippen LogP contribution in [0, 0.1) is 0 Å². The summed E-state index contributed by atoms with van der Waals surface area (Å²) in [5, 5.41) is 6.48. The van der Waals surface area contributed by atoms with E-state index in [0.29, 0.717) is 0 Å². The predicted molar refractivity (Wildman–Crippen MR) is 119 cm³/mol. The van der Waals surface area contributed by atoms with E-state index in [1.54, 1.807) is 0 Å². The number of hydrogen-bond donors (Lipinski definition) is 2. The molecule has 0 atom stereocenters. The number of hydrogen-bond acceptors (Lipinski definition) is 3. The first-order valence-corrected chi connectivity index (χ1v) is 8.99. The van der Waals surface area contributed by atoms with Gasteiger partial charge in [-0.3, -0.25) is 9.89 Å². The van der Waals surface area contributed by atoms with Crippen LogP contribution in [0.1, 0.15) is 13.3 Å². The molecule has 0 bridgehead atoms. The topological polar surface area (TPSA) is 42.9 Å². The van der Waals surface area contributed by atoms with E-state index in [1.807, 2.05) is 6.08 Å². The molecule has 25 heavy (non-hydrogen) atoms. The van der Waals surface area contributed by atoms with Gasteiger partial charge in [-0.25, -0.2) is 0 Å². The zero-order valence-electron chi connectivity index (χ0n) is 15.3. The number of rotatable bonds is 8. The summed E-state index contributed by atoms with van der Waals surface area (Å²) in [6.07, 6.45) is 2.94. The maximum absolute atomic E-state index is 4.61. The number of anilines is 1. The van der Waals surface area contributed by atoms with Gasteiger partial charge in [0.15, 0.2) is 5.96 Å². The Morgan fingerprint density at radius 3 is 2.52 bits per heavy atom. The number of guanidine groups is 1. The first kappa shape index (κ1) is 21.8. The minimum Gasteiger partial charge on any atom is -0.369 e. The zero-order chi connectivity index (χ0) is 17.0. The largest absolute Gasteiger partial charge is 0.369 e. The Bertz CT molecular complexity index is 498. The number of aliphatic imine (C=N–C) groups is 1. The van der Waals surface area contributed by atoms with Crippen molar-refractivity contribution in [1.29, 1.82) is 0 Å². The maximum atomic E-state index is 4.61. The van der Waals surface area contributed by atoms with Crippen LogP contribution in [0.3, 0.4) is 0 Å². The van der Waals surface area contributed by atoms with Crippen molar-refractivity contribution in [2.24, 2.45) is 4.99 Å². The van der Waals surface area contributed by atoms with Crippen LogP contribution in [-0.4, -0.2) is 63.2 Å². The van der Waals surface area contributed by atoms with Gasteiger partial charge in [0, 0.05) is 58.0 Å². The molecule has 2 rings (SSSR count). The molecule has 0 spiro atoms. The molecule has 1 aliphatic heterocycles. The molecule has 6 heteroatoms. The molecule has 1 heterocycles. The summed E-state index contributed by atoms with van der Waals surface area (Å²) in [7, 11) is 0. The van der Waals surface area contributed by atoms with Crippen LogP contribution in [0.15, 0.2) is 48.0 Å². The molecule has 1 fully saturated rings. The van der Waals surface area contributed by atoms with Crippen molar-refractivity contribution in [2.75, 3.05) is 57.3 Å². The van der Waals surface area contributed by atoms with Crippen molar-refractivity contribution in [3.63, 3.8) is 0 Å². The van der Waals surface area contributed by atoms with Crippen molar-refractivity contribution in [3.8, 4) is 0 Å². The lowest BCUT2D eigenvalue weighted by Crippen LogP contribution is -2.46. The van der Waals surface area contributed by atoms with Gasteiger partial charge in [0.05, 0.1) is 0 Å². The van der Waals surface area contributed by atoms with Crippen LogP contribution in [0.2, 0.25) is 0 Å². The Morgan fingerprint density at radius 1 is 1.16 bits per heavy atom. The lowest BCUT2D eigenvalue weighted by molar-refractivity contribution is 0.256. The molecule has 1 aliphatic rings. The van der Waals surface area contributed by atoms with Crippen molar-refractivity contribution in [3.05, 3.63) is 43.0 Å². The third-order valence-corrected chi connectivity index (χ3v) is 4.15. The number of para-hydroxylation sites is 1. The molecule has 5 nitrogen and oxygen atoms in total. The van der Waals surface area contributed by atoms with E-state index >= 15 is 0 Å². The van der Waals surface area contributed by atoms with Gasteiger partial charge in [0.1, 0.15) is 0 Å². The molecule has 1 saturated heterocycles. The van der Waals surface area contributed by atoms with Crippen LogP contribution in [-0.2, 0) is 0 Å². The van der Waals surface area contributed by atoms with Gasteiger partial charge < -0.3 is 15.5 Å². The molecule has 1 aromatic rings. The first-order valence-electron chi connectivity index (χ1n) is 8.99. The molecule has 0 saturated carbocycles. The summed E-state index contributed by atoms with van der Waals surface area (Å²) in [6.45, 7) is 13.9. The van der Waals surface area contributed by atoms with Crippen molar-refractivity contribution >= 4 is 35.6 Å². The monoisotopic (exact) mass is 457 g/mol. The Hall–Kier alpha value is -1.28. The third kappa shape index (κ3) is 8.09. The number of nitrogens with zero attached hydrogens (tertiary/aromatic N) is 3. The maximum Gasteiger partial charge on any atom is 0.191 e. The fourth-order valence-electron chi connectivity index (χ4n) is 2.86. The summed E-state index contributed by atoms with van der Waals surface area (Å²) >= 11 is 0. The molecule has 0 aliphatic carbocycles. The van der Waals surface area contributed by atoms with Crippen molar-refractivity contribution in [1.82, 2.24) is 15.5 Å². The molecule has 140 valence electrons. The quantitative estimate of drug-likeness (QED) is 0.207. The number of nitrogens with one attached hydrogen (secondary N) is 2. The van der Waals surface area contributed by atoms with E-state index in [0.717, 1.165) is 64.7 Å². The number of halogens is 1.